The number of benzene rings is 2. The van der Waals surface area contributed by atoms with E-state index in [0.717, 1.165) is 5.56 Å². The molecule has 0 bridgehead atoms. The van der Waals surface area contributed by atoms with E-state index in [4.69, 9.17) is 17.3 Å². The predicted molar refractivity (Wildman–Crippen MR) is 76.7 cm³/mol. The fourth-order valence-corrected chi connectivity index (χ4v) is 1.83. The summed E-state index contributed by atoms with van der Waals surface area (Å²) < 4.78 is 0. The van der Waals surface area contributed by atoms with Crippen LogP contribution >= 0.6 is 11.6 Å². The van der Waals surface area contributed by atoms with E-state index in [2.05, 4.69) is 5.32 Å². The van der Waals surface area contributed by atoms with E-state index in [1.54, 1.807) is 12.1 Å². The van der Waals surface area contributed by atoms with Crippen LogP contribution in [0.15, 0.2) is 36.4 Å². The average molecular weight is 277 g/mol. The molecule has 2 rings (SSSR count). The number of carbonyl (C=O) groups excluding carboxylic acids is 1. The molecule has 2 aromatic rings. The number of amides is 1. The second-order valence-electron chi connectivity index (χ2n) is 4.21. The number of phenolic OH excluding ortho intramolecular Hbond substituents is 1. The maximum Gasteiger partial charge on any atom is 0.257 e. The first kappa shape index (κ1) is 13.2. The fourth-order valence-electron chi connectivity index (χ4n) is 1.67. The minimum atomic E-state index is -0.416. The van der Waals surface area contributed by atoms with Gasteiger partial charge in [-0.3, -0.25) is 4.79 Å². The number of nitrogens with two attached hydrogens (primary N) is 1. The van der Waals surface area contributed by atoms with E-state index < -0.39 is 5.91 Å². The third-order valence-electron chi connectivity index (χ3n) is 2.65. The largest absolute Gasteiger partial charge is 0.508 e. The average Bonchev–Trinajstić information content (AvgIpc) is 2.36. The molecular formula is C14H13ClN2O2. The number of hydrogen-bond donors (Lipinski definition) is 3. The molecule has 0 atom stereocenters. The van der Waals surface area contributed by atoms with Gasteiger partial charge in [-0.15, -0.1) is 0 Å². The Morgan fingerprint density at radius 3 is 2.74 bits per heavy atom. The molecule has 0 aliphatic carbocycles. The summed E-state index contributed by atoms with van der Waals surface area (Å²) in [5.74, 6) is -0.435. The zero-order valence-corrected chi connectivity index (χ0v) is 11.0. The van der Waals surface area contributed by atoms with E-state index in [9.17, 15) is 9.90 Å². The van der Waals surface area contributed by atoms with Crippen molar-refractivity contribution in [3.8, 4) is 5.75 Å². The number of aryl methyl sites for hydroxylation is 1. The van der Waals surface area contributed by atoms with Crippen LogP contribution < -0.4 is 11.1 Å². The highest BCUT2D eigenvalue weighted by Crippen LogP contribution is 2.25. The van der Waals surface area contributed by atoms with Gasteiger partial charge in [0.2, 0.25) is 0 Å². The van der Waals surface area contributed by atoms with Crippen LogP contribution in [0.4, 0.5) is 11.4 Å². The Morgan fingerprint density at radius 2 is 2.00 bits per heavy atom. The van der Waals surface area contributed by atoms with E-state index in [1.807, 2.05) is 13.0 Å². The molecule has 0 saturated carbocycles. The third-order valence-corrected chi connectivity index (χ3v) is 2.98. The summed E-state index contributed by atoms with van der Waals surface area (Å²) in [5.41, 5.74) is 7.69. The molecule has 0 unspecified atom stereocenters. The topological polar surface area (TPSA) is 75.3 Å². The normalized spacial score (nSPS) is 10.2. The molecule has 4 N–H and O–H groups in total. The van der Waals surface area contributed by atoms with Crippen LogP contribution in [-0.2, 0) is 0 Å². The standard InChI is InChI=1S/C14H13ClN2O2/c1-8-2-4-11(15)13(6-8)17-14(19)10-7-9(18)3-5-12(10)16/h2-7,18H,16H2,1H3,(H,17,19). The van der Waals surface area contributed by atoms with Crippen molar-refractivity contribution in [1.29, 1.82) is 0 Å². The van der Waals surface area contributed by atoms with Crippen LogP contribution in [0.2, 0.25) is 5.02 Å². The lowest BCUT2D eigenvalue weighted by Crippen LogP contribution is -2.14. The van der Waals surface area contributed by atoms with E-state index in [1.165, 1.54) is 18.2 Å². The van der Waals surface area contributed by atoms with Crippen LogP contribution in [0.5, 0.6) is 5.75 Å². The molecule has 2 aromatic carbocycles. The zero-order chi connectivity index (χ0) is 14.0. The Kier molecular flexibility index (Phi) is 3.62. The predicted octanol–water partition coefficient (Wildman–Crippen LogP) is 3.19. The maximum atomic E-state index is 12.1. The molecule has 0 spiro atoms. The van der Waals surface area contributed by atoms with Gasteiger partial charge in [-0.05, 0) is 42.8 Å². The van der Waals surface area contributed by atoms with Crippen molar-refractivity contribution in [2.24, 2.45) is 0 Å². The van der Waals surface area contributed by atoms with Gasteiger partial charge >= 0.3 is 0 Å². The van der Waals surface area contributed by atoms with Gasteiger partial charge in [-0.1, -0.05) is 17.7 Å². The van der Waals surface area contributed by atoms with Crippen LogP contribution in [0.25, 0.3) is 0 Å². The van der Waals surface area contributed by atoms with Gasteiger partial charge in [0.15, 0.2) is 0 Å². The Balaban J connectivity index is 2.30. The maximum absolute atomic E-state index is 12.1. The van der Waals surface area contributed by atoms with Gasteiger partial charge in [-0.25, -0.2) is 0 Å². The third kappa shape index (κ3) is 2.98. The lowest BCUT2D eigenvalue weighted by molar-refractivity contribution is 0.102. The van der Waals surface area contributed by atoms with Crippen molar-refractivity contribution in [3.63, 3.8) is 0 Å². The van der Waals surface area contributed by atoms with Crippen molar-refractivity contribution in [3.05, 3.63) is 52.5 Å². The lowest BCUT2D eigenvalue weighted by atomic mass is 10.1. The second-order valence-corrected chi connectivity index (χ2v) is 4.62. The number of nitrogens with one attached hydrogen (secondary N) is 1. The first-order chi connectivity index (χ1) is 8.97. The van der Waals surface area contributed by atoms with Gasteiger partial charge in [0.25, 0.3) is 5.91 Å². The summed E-state index contributed by atoms with van der Waals surface area (Å²) in [4.78, 5) is 12.1. The number of hydrogen-bond acceptors (Lipinski definition) is 3. The summed E-state index contributed by atoms with van der Waals surface area (Å²) >= 11 is 6.00. The van der Waals surface area contributed by atoms with Crippen LogP contribution in [0.3, 0.4) is 0 Å². The van der Waals surface area contributed by atoms with Gasteiger partial charge in [0, 0.05) is 5.69 Å². The lowest BCUT2D eigenvalue weighted by Gasteiger charge is -2.10. The molecule has 0 aliphatic heterocycles. The fraction of sp³-hybridized carbons (Fsp3) is 0.0714. The van der Waals surface area contributed by atoms with Gasteiger partial charge in [-0.2, -0.15) is 0 Å². The summed E-state index contributed by atoms with van der Waals surface area (Å²) in [6.45, 7) is 1.90. The summed E-state index contributed by atoms with van der Waals surface area (Å²) in [6.07, 6.45) is 0. The molecule has 0 radical (unpaired) electrons. The Morgan fingerprint density at radius 1 is 1.26 bits per heavy atom. The van der Waals surface area contributed by atoms with E-state index in [0.29, 0.717) is 16.4 Å². The minimum absolute atomic E-state index is 0.0188. The number of nitrogen functional groups attached to an aromatic ring is 1. The van der Waals surface area contributed by atoms with E-state index >= 15 is 0 Å². The summed E-state index contributed by atoms with van der Waals surface area (Å²) in [7, 11) is 0. The molecule has 0 fully saturated rings. The number of phenols is 1. The quantitative estimate of drug-likeness (QED) is 0.582. The zero-order valence-electron chi connectivity index (χ0n) is 10.3. The smallest absolute Gasteiger partial charge is 0.257 e. The highest BCUT2D eigenvalue weighted by molar-refractivity contribution is 6.34. The van der Waals surface area contributed by atoms with Gasteiger partial charge in [0.05, 0.1) is 16.3 Å². The van der Waals surface area contributed by atoms with Crippen LogP contribution in [0.1, 0.15) is 15.9 Å². The molecule has 98 valence electrons. The number of rotatable bonds is 2. The highest BCUT2D eigenvalue weighted by Gasteiger charge is 2.12. The molecule has 0 saturated heterocycles. The molecule has 19 heavy (non-hydrogen) atoms. The molecular weight excluding hydrogens is 264 g/mol. The molecule has 0 aromatic heterocycles. The van der Waals surface area contributed by atoms with Crippen molar-refractivity contribution in [2.75, 3.05) is 11.1 Å². The second kappa shape index (κ2) is 5.20. The minimum Gasteiger partial charge on any atom is -0.508 e. The van der Waals surface area contributed by atoms with E-state index in [-0.39, 0.29) is 11.3 Å². The van der Waals surface area contributed by atoms with Crippen LogP contribution in [0, 0.1) is 6.92 Å². The Labute approximate surface area is 115 Å². The SMILES string of the molecule is Cc1ccc(Cl)c(NC(=O)c2cc(O)ccc2N)c1. The van der Waals surface area contributed by atoms with Crippen molar-refractivity contribution in [1.82, 2.24) is 0 Å². The Bertz CT molecular complexity index is 641. The number of halogens is 1. The number of anilines is 2. The number of aromatic hydroxyl groups is 1. The molecule has 0 aliphatic rings. The van der Waals surface area contributed by atoms with Crippen LogP contribution in [-0.4, -0.2) is 11.0 Å². The molecule has 4 nitrogen and oxygen atoms in total. The first-order valence-electron chi connectivity index (χ1n) is 5.63. The van der Waals surface area contributed by atoms with Gasteiger partial charge in [0.1, 0.15) is 5.75 Å². The Hall–Kier alpha value is -2.20. The molecule has 1 amide bonds. The van der Waals surface area contributed by atoms with Crippen molar-refractivity contribution in [2.45, 2.75) is 6.92 Å². The monoisotopic (exact) mass is 276 g/mol. The highest BCUT2D eigenvalue weighted by atomic mass is 35.5. The van der Waals surface area contributed by atoms with Crippen molar-refractivity contribution >= 4 is 28.9 Å². The first-order valence-corrected chi connectivity index (χ1v) is 6.01. The van der Waals surface area contributed by atoms with Crippen molar-refractivity contribution < 1.29 is 9.90 Å². The summed E-state index contributed by atoms with van der Waals surface area (Å²) in [6, 6.07) is 9.53. The van der Waals surface area contributed by atoms with Gasteiger partial charge < -0.3 is 16.2 Å². The molecule has 5 heteroatoms. The number of carbonyl (C=O) groups is 1. The molecule has 0 heterocycles. The summed E-state index contributed by atoms with van der Waals surface area (Å²) in [5, 5.41) is 12.5.